The fourth-order valence-corrected chi connectivity index (χ4v) is 2.95. The molecule has 0 aliphatic rings. The summed E-state index contributed by atoms with van der Waals surface area (Å²) >= 11 is 0. The summed E-state index contributed by atoms with van der Waals surface area (Å²) in [4.78, 5) is 2.59. The maximum atomic E-state index is 12.2. The van der Waals surface area contributed by atoms with E-state index in [0.29, 0.717) is 5.92 Å². The summed E-state index contributed by atoms with van der Waals surface area (Å²) < 4.78 is 24.5. The van der Waals surface area contributed by atoms with Gasteiger partial charge in [0, 0.05) is 5.71 Å². The molecule has 1 N–H and O–H groups in total. The number of nitrogens with one attached hydrogen (secondary N) is 1. The number of benzene rings is 1. The van der Waals surface area contributed by atoms with Gasteiger partial charge in [-0.1, -0.05) is 53.7 Å². The molecule has 1 aromatic carbocycles. The van der Waals surface area contributed by atoms with Crippen LogP contribution in [-0.4, -0.2) is 14.1 Å². The maximum Gasteiger partial charge on any atom is 0.276 e. The molecule has 0 aromatic heterocycles. The molecule has 0 atom stereocenters. The number of hydrogen-bond donors (Lipinski definition) is 1. The molecule has 1 rings (SSSR count). The average molecular weight is 310 g/mol. The molecule has 0 radical (unpaired) electrons. The second-order valence-electron chi connectivity index (χ2n) is 6.16. The van der Waals surface area contributed by atoms with Gasteiger partial charge in [-0.05, 0) is 35.4 Å². The van der Waals surface area contributed by atoms with Crippen molar-refractivity contribution in [3.63, 3.8) is 0 Å². The quantitative estimate of drug-likeness (QED) is 0.642. The summed E-state index contributed by atoms with van der Waals surface area (Å²) in [6, 6.07) is 6.93. The molecule has 0 bridgehead atoms. The van der Waals surface area contributed by atoms with Crippen LogP contribution in [-0.2, 0) is 10.0 Å². The minimum absolute atomic E-state index is 0.205. The summed E-state index contributed by atoms with van der Waals surface area (Å²) in [5.41, 5.74) is 1.96. The van der Waals surface area contributed by atoms with Gasteiger partial charge in [0.25, 0.3) is 10.0 Å². The van der Waals surface area contributed by atoms with E-state index in [2.05, 4.69) is 23.8 Å². The Kier molecular flexibility index (Phi) is 5.96. The van der Waals surface area contributed by atoms with E-state index >= 15 is 0 Å². The third-order valence-corrected chi connectivity index (χ3v) is 4.56. The predicted molar refractivity (Wildman–Crippen MR) is 88.0 cm³/mol. The van der Waals surface area contributed by atoms with Gasteiger partial charge in [0.15, 0.2) is 0 Å². The van der Waals surface area contributed by atoms with Crippen molar-refractivity contribution in [3.8, 4) is 0 Å². The smallest absolute Gasteiger partial charge is 0.200 e. The average Bonchev–Trinajstić information content (AvgIpc) is 2.38. The number of hydrazone groups is 1. The lowest BCUT2D eigenvalue weighted by molar-refractivity contribution is 0.583. The molecular weight excluding hydrogens is 284 g/mol. The first-order valence-corrected chi connectivity index (χ1v) is 8.82. The highest BCUT2D eigenvalue weighted by Crippen LogP contribution is 2.17. The summed E-state index contributed by atoms with van der Waals surface area (Å²) in [6.07, 6.45) is 0. The lowest BCUT2D eigenvalue weighted by Crippen LogP contribution is -2.24. The number of nitrogens with zero attached hydrogens (tertiary/aromatic N) is 1. The van der Waals surface area contributed by atoms with Crippen molar-refractivity contribution < 1.29 is 8.42 Å². The molecule has 0 unspecified atom stereocenters. The third kappa shape index (κ3) is 4.84. The molecule has 0 spiro atoms. The van der Waals surface area contributed by atoms with Crippen molar-refractivity contribution in [2.75, 3.05) is 0 Å². The molecular formula is C16H26N2O2S. The van der Waals surface area contributed by atoms with E-state index in [4.69, 9.17) is 0 Å². The largest absolute Gasteiger partial charge is 0.276 e. The first kappa shape index (κ1) is 17.7. The summed E-state index contributed by atoms with van der Waals surface area (Å²) in [5, 5.41) is 4.11. The van der Waals surface area contributed by atoms with E-state index in [1.165, 1.54) is 0 Å². The van der Waals surface area contributed by atoms with Crippen LogP contribution in [0.2, 0.25) is 0 Å². The van der Waals surface area contributed by atoms with Gasteiger partial charge >= 0.3 is 0 Å². The second-order valence-corrected chi connectivity index (χ2v) is 7.83. The Bertz CT molecular complexity index is 575. The molecule has 21 heavy (non-hydrogen) atoms. The van der Waals surface area contributed by atoms with Crippen molar-refractivity contribution in [2.24, 2.45) is 16.9 Å². The molecule has 0 aliphatic carbocycles. The molecule has 0 saturated heterocycles. The van der Waals surface area contributed by atoms with Crippen LogP contribution in [0, 0.1) is 11.8 Å². The SMILES string of the molecule is CC(C)C(=NNS(=O)(=O)c1ccc(C(C)C)cc1)C(C)C. The molecule has 0 saturated carbocycles. The van der Waals surface area contributed by atoms with Gasteiger partial charge in [-0.2, -0.15) is 13.5 Å². The van der Waals surface area contributed by atoms with Crippen LogP contribution in [0.3, 0.4) is 0 Å². The highest BCUT2D eigenvalue weighted by atomic mass is 32.2. The molecule has 0 fully saturated rings. The van der Waals surface area contributed by atoms with Crippen LogP contribution in [0.5, 0.6) is 0 Å². The van der Waals surface area contributed by atoms with Gasteiger partial charge in [0.1, 0.15) is 0 Å². The van der Waals surface area contributed by atoms with Gasteiger partial charge < -0.3 is 0 Å². The lowest BCUT2D eigenvalue weighted by Gasteiger charge is -2.14. The van der Waals surface area contributed by atoms with E-state index in [0.717, 1.165) is 11.3 Å². The van der Waals surface area contributed by atoms with Crippen molar-refractivity contribution in [1.82, 2.24) is 4.83 Å². The van der Waals surface area contributed by atoms with Gasteiger partial charge in [-0.25, -0.2) is 4.83 Å². The fraction of sp³-hybridized carbons (Fsp3) is 0.562. The van der Waals surface area contributed by atoms with Crippen molar-refractivity contribution in [1.29, 1.82) is 0 Å². The minimum atomic E-state index is -3.60. The zero-order chi connectivity index (χ0) is 16.2. The van der Waals surface area contributed by atoms with E-state index in [-0.39, 0.29) is 16.7 Å². The zero-order valence-electron chi connectivity index (χ0n) is 13.7. The molecule has 118 valence electrons. The van der Waals surface area contributed by atoms with E-state index < -0.39 is 10.0 Å². The third-order valence-electron chi connectivity index (χ3n) is 3.34. The first-order valence-electron chi connectivity index (χ1n) is 7.34. The van der Waals surface area contributed by atoms with Crippen LogP contribution in [0.1, 0.15) is 53.0 Å². The van der Waals surface area contributed by atoms with Gasteiger partial charge in [-0.3, -0.25) is 0 Å². The van der Waals surface area contributed by atoms with Crippen LogP contribution in [0.15, 0.2) is 34.3 Å². The van der Waals surface area contributed by atoms with Crippen molar-refractivity contribution in [2.45, 2.75) is 52.4 Å². The van der Waals surface area contributed by atoms with E-state index in [1.807, 2.05) is 39.8 Å². The molecule has 0 aliphatic heterocycles. The Hall–Kier alpha value is -1.36. The summed E-state index contributed by atoms with van der Waals surface area (Å²) in [7, 11) is -3.60. The van der Waals surface area contributed by atoms with Crippen LogP contribution < -0.4 is 4.83 Å². The van der Waals surface area contributed by atoms with E-state index in [9.17, 15) is 8.42 Å². The monoisotopic (exact) mass is 310 g/mol. The number of hydrogen-bond acceptors (Lipinski definition) is 3. The topological polar surface area (TPSA) is 58.5 Å². The highest BCUT2D eigenvalue weighted by Gasteiger charge is 2.16. The standard InChI is InChI=1S/C16H26N2O2S/c1-11(2)14-7-9-15(10-8-14)21(19,20)18-17-16(12(3)4)13(5)6/h7-13,18H,1-6H3. The van der Waals surface area contributed by atoms with Crippen LogP contribution in [0.4, 0.5) is 0 Å². The normalized spacial score (nSPS) is 12.0. The Morgan fingerprint density at radius 2 is 1.43 bits per heavy atom. The van der Waals surface area contributed by atoms with Crippen molar-refractivity contribution >= 4 is 15.7 Å². The fourth-order valence-electron chi connectivity index (χ4n) is 2.12. The minimum Gasteiger partial charge on any atom is -0.200 e. The Morgan fingerprint density at radius 1 is 0.952 bits per heavy atom. The van der Waals surface area contributed by atoms with Gasteiger partial charge in [0.05, 0.1) is 4.90 Å². The molecule has 0 amide bonds. The van der Waals surface area contributed by atoms with E-state index in [1.54, 1.807) is 12.1 Å². The molecule has 1 aromatic rings. The maximum absolute atomic E-state index is 12.2. The Labute approximate surface area is 128 Å². The van der Waals surface area contributed by atoms with Gasteiger partial charge in [0.2, 0.25) is 0 Å². The second kappa shape index (κ2) is 7.07. The molecule has 0 heterocycles. The van der Waals surface area contributed by atoms with Crippen LogP contribution >= 0.6 is 0 Å². The zero-order valence-corrected chi connectivity index (χ0v) is 14.5. The predicted octanol–water partition coefficient (Wildman–Crippen LogP) is 3.76. The Morgan fingerprint density at radius 3 is 1.81 bits per heavy atom. The summed E-state index contributed by atoms with van der Waals surface area (Å²) in [5.74, 6) is 0.785. The highest BCUT2D eigenvalue weighted by molar-refractivity contribution is 7.89. The van der Waals surface area contributed by atoms with Crippen LogP contribution in [0.25, 0.3) is 0 Å². The lowest BCUT2D eigenvalue weighted by atomic mass is 9.98. The first-order chi connectivity index (χ1) is 9.65. The molecule has 5 heteroatoms. The summed E-state index contributed by atoms with van der Waals surface area (Å²) in [6.45, 7) is 12.2. The Balaban J connectivity index is 2.98. The van der Waals surface area contributed by atoms with Gasteiger partial charge in [-0.15, -0.1) is 0 Å². The molecule has 4 nitrogen and oxygen atoms in total. The van der Waals surface area contributed by atoms with Crippen molar-refractivity contribution in [3.05, 3.63) is 29.8 Å². The number of rotatable bonds is 6. The number of sulfonamides is 1.